The summed E-state index contributed by atoms with van der Waals surface area (Å²) in [6.45, 7) is 14.6. The second-order valence-electron chi connectivity index (χ2n) is 11.3. The number of aliphatic hydroxyl groups is 2. The molecule has 0 bridgehead atoms. The van der Waals surface area contributed by atoms with Gasteiger partial charge in [-0.15, -0.1) is 0 Å². The third-order valence-corrected chi connectivity index (χ3v) is 8.17. The van der Waals surface area contributed by atoms with Crippen LogP contribution in [0.1, 0.15) is 80.6 Å². The molecule has 4 heteroatoms. The minimum atomic E-state index is -0.917. The molecule has 0 spiro atoms. The molecule has 29 heavy (non-hydrogen) atoms. The zero-order valence-corrected chi connectivity index (χ0v) is 19.3. The highest BCUT2D eigenvalue weighted by Crippen LogP contribution is 2.63. The Morgan fingerprint density at radius 3 is 2.45 bits per heavy atom. The number of fused-ring (bicyclic) bond motifs is 3. The first-order chi connectivity index (χ1) is 13.3. The fourth-order valence-electron chi connectivity index (χ4n) is 6.73. The van der Waals surface area contributed by atoms with Crippen LogP contribution in [0.25, 0.3) is 0 Å². The number of ether oxygens (including phenoxy) is 1. The summed E-state index contributed by atoms with van der Waals surface area (Å²) in [4.78, 5) is 12.5. The summed E-state index contributed by atoms with van der Waals surface area (Å²) in [7, 11) is 0. The summed E-state index contributed by atoms with van der Waals surface area (Å²) in [5.41, 5.74) is 0.818. The maximum absolute atomic E-state index is 12.5. The van der Waals surface area contributed by atoms with Crippen LogP contribution in [0.5, 0.6) is 0 Å². The van der Waals surface area contributed by atoms with E-state index in [1.807, 2.05) is 33.8 Å². The second-order valence-corrected chi connectivity index (χ2v) is 11.3. The molecule has 3 rings (SSSR count). The maximum atomic E-state index is 12.5. The van der Waals surface area contributed by atoms with Gasteiger partial charge >= 0.3 is 5.97 Å². The summed E-state index contributed by atoms with van der Waals surface area (Å²) in [5, 5.41) is 22.8. The number of carbonyl (C=O) groups is 1. The molecule has 0 aliphatic heterocycles. The molecule has 2 N–H and O–H groups in total. The van der Waals surface area contributed by atoms with Crippen molar-refractivity contribution in [1.82, 2.24) is 0 Å². The summed E-state index contributed by atoms with van der Waals surface area (Å²) in [6, 6.07) is 0. The van der Waals surface area contributed by atoms with Crippen LogP contribution in [-0.4, -0.2) is 34.0 Å². The van der Waals surface area contributed by atoms with Crippen molar-refractivity contribution in [3.63, 3.8) is 0 Å². The van der Waals surface area contributed by atoms with Crippen LogP contribution in [-0.2, 0) is 9.53 Å². The van der Waals surface area contributed by atoms with Crippen molar-refractivity contribution in [3.05, 3.63) is 23.3 Å². The van der Waals surface area contributed by atoms with E-state index < -0.39 is 23.8 Å². The van der Waals surface area contributed by atoms with Gasteiger partial charge in [-0.3, -0.25) is 0 Å². The Morgan fingerprint density at radius 1 is 1.21 bits per heavy atom. The van der Waals surface area contributed by atoms with Gasteiger partial charge in [0.2, 0.25) is 0 Å². The van der Waals surface area contributed by atoms with Crippen LogP contribution in [0, 0.1) is 28.6 Å². The minimum absolute atomic E-state index is 0.0229. The van der Waals surface area contributed by atoms with Crippen molar-refractivity contribution in [1.29, 1.82) is 0 Å². The van der Waals surface area contributed by atoms with E-state index in [9.17, 15) is 15.0 Å². The molecule has 0 radical (unpaired) electrons. The van der Waals surface area contributed by atoms with Gasteiger partial charge in [0, 0.05) is 6.08 Å². The van der Waals surface area contributed by atoms with Gasteiger partial charge in [0.1, 0.15) is 6.10 Å². The molecular weight excluding hydrogens is 364 g/mol. The number of carbonyl (C=O) groups excluding carboxylic acids is 1. The standard InChI is InChI=1S/C25H40O4/c1-15(2)13-19(26)29-21-17-14-25(28,16(3)4)12-9-18(17)24(7)11-8-10-23(5,6)22(24)20(21)27/h13-14,16,18,20-22,27-28H,8-12H2,1-7H3. The van der Waals surface area contributed by atoms with Gasteiger partial charge < -0.3 is 14.9 Å². The van der Waals surface area contributed by atoms with Gasteiger partial charge in [0.05, 0.1) is 11.7 Å². The molecule has 6 unspecified atom stereocenters. The Hall–Kier alpha value is -1.13. The zero-order valence-electron chi connectivity index (χ0n) is 19.3. The average Bonchev–Trinajstić information content (AvgIpc) is 2.56. The van der Waals surface area contributed by atoms with Crippen LogP contribution >= 0.6 is 0 Å². The Kier molecular flexibility index (Phi) is 5.86. The number of hydrogen-bond donors (Lipinski definition) is 2. The van der Waals surface area contributed by atoms with Crippen LogP contribution in [0.15, 0.2) is 23.3 Å². The van der Waals surface area contributed by atoms with Crippen molar-refractivity contribution in [2.24, 2.45) is 28.6 Å². The lowest BCUT2D eigenvalue weighted by Crippen LogP contribution is -2.62. The van der Waals surface area contributed by atoms with Crippen molar-refractivity contribution in [2.75, 3.05) is 0 Å². The van der Waals surface area contributed by atoms with Gasteiger partial charge in [-0.2, -0.15) is 0 Å². The Bertz CT molecular complexity index is 714. The molecule has 164 valence electrons. The molecule has 0 aromatic carbocycles. The summed E-state index contributed by atoms with van der Waals surface area (Å²) in [6.07, 6.45) is 6.84. The number of rotatable bonds is 3. The van der Waals surface area contributed by atoms with E-state index in [0.29, 0.717) is 6.42 Å². The van der Waals surface area contributed by atoms with Gasteiger partial charge in [0.15, 0.2) is 0 Å². The van der Waals surface area contributed by atoms with E-state index >= 15 is 0 Å². The third-order valence-electron chi connectivity index (χ3n) is 8.17. The first-order valence-electron chi connectivity index (χ1n) is 11.3. The molecule has 0 amide bonds. The molecule has 6 atom stereocenters. The smallest absolute Gasteiger partial charge is 0.331 e. The highest BCUT2D eigenvalue weighted by molar-refractivity contribution is 5.83. The lowest BCUT2D eigenvalue weighted by atomic mass is 9.44. The van der Waals surface area contributed by atoms with Gasteiger partial charge in [-0.25, -0.2) is 4.79 Å². The Balaban J connectivity index is 2.10. The Labute approximate surface area is 176 Å². The van der Waals surface area contributed by atoms with E-state index in [2.05, 4.69) is 20.8 Å². The molecular formula is C25H40O4. The largest absolute Gasteiger partial charge is 0.452 e. The molecule has 3 aliphatic rings. The number of esters is 1. The minimum Gasteiger partial charge on any atom is -0.452 e. The van der Waals surface area contributed by atoms with Crippen molar-refractivity contribution in [2.45, 2.75) is 98.4 Å². The normalized spacial score (nSPS) is 41.1. The predicted octanol–water partition coefficient (Wildman–Crippen LogP) is 4.80. The van der Waals surface area contributed by atoms with E-state index in [1.165, 1.54) is 6.08 Å². The van der Waals surface area contributed by atoms with Crippen LogP contribution < -0.4 is 0 Å². The van der Waals surface area contributed by atoms with Gasteiger partial charge in [-0.1, -0.05) is 46.6 Å². The van der Waals surface area contributed by atoms with E-state index in [4.69, 9.17) is 4.74 Å². The first kappa shape index (κ1) is 22.6. The van der Waals surface area contributed by atoms with Crippen LogP contribution in [0.4, 0.5) is 0 Å². The number of allylic oxidation sites excluding steroid dienone is 1. The average molecular weight is 405 g/mol. The molecule has 2 saturated carbocycles. The summed E-state index contributed by atoms with van der Waals surface area (Å²) in [5.74, 6) is -0.0696. The van der Waals surface area contributed by atoms with Gasteiger partial charge in [-0.05, 0) is 79.8 Å². The lowest BCUT2D eigenvalue weighted by molar-refractivity contribution is -0.184. The van der Waals surface area contributed by atoms with Crippen LogP contribution in [0.2, 0.25) is 0 Å². The van der Waals surface area contributed by atoms with Crippen LogP contribution in [0.3, 0.4) is 0 Å². The predicted molar refractivity (Wildman–Crippen MR) is 115 cm³/mol. The van der Waals surface area contributed by atoms with Crippen molar-refractivity contribution in [3.8, 4) is 0 Å². The van der Waals surface area contributed by atoms with Gasteiger partial charge in [0.25, 0.3) is 0 Å². The zero-order chi connectivity index (χ0) is 21.8. The highest BCUT2D eigenvalue weighted by Gasteiger charge is 2.62. The van der Waals surface area contributed by atoms with E-state index in [0.717, 1.165) is 36.8 Å². The SMILES string of the molecule is CC(C)=CC(=O)OC1C2=CC(O)(C(C)C)CCC2C2(C)CCCC(C)(C)C2C1O. The molecule has 0 heterocycles. The number of aliphatic hydroxyl groups excluding tert-OH is 1. The molecule has 3 aliphatic carbocycles. The van der Waals surface area contributed by atoms with E-state index in [1.54, 1.807) is 0 Å². The molecule has 2 fully saturated rings. The lowest BCUT2D eigenvalue weighted by Gasteiger charge is -2.62. The molecule has 0 aromatic heterocycles. The van der Waals surface area contributed by atoms with Crippen molar-refractivity contribution < 1.29 is 19.7 Å². The summed E-state index contributed by atoms with van der Waals surface area (Å²) >= 11 is 0. The quantitative estimate of drug-likeness (QED) is 0.403. The maximum Gasteiger partial charge on any atom is 0.331 e. The fourth-order valence-corrected chi connectivity index (χ4v) is 6.73. The van der Waals surface area contributed by atoms with E-state index in [-0.39, 0.29) is 28.6 Å². The number of hydrogen-bond acceptors (Lipinski definition) is 4. The fraction of sp³-hybridized carbons (Fsp3) is 0.800. The molecule has 0 saturated heterocycles. The topological polar surface area (TPSA) is 66.8 Å². The Morgan fingerprint density at radius 2 is 1.86 bits per heavy atom. The highest BCUT2D eigenvalue weighted by atomic mass is 16.6. The monoisotopic (exact) mass is 404 g/mol. The van der Waals surface area contributed by atoms with Crippen molar-refractivity contribution >= 4 is 5.97 Å². The second kappa shape index (κ2) is 7.53. The molecule has 0 aromatic rings. The molecule has 4 nitrogen and oxygen atoms in total. The summed E-state index contributed by atoms with van der Waals surface area (Å²) < 4.78 is 5.90. The first-order valence-corrected chi connectivity index (χ1v) is 11.3. The third kappa shape index (κ3) is 3.83.